The highest BCUT2D eigenvalue weighted by molar-refractivity contribution is 7.80. The van der Waals surface area contributed by atoms with E-state index in [0.29, 0.717) is 0 Å². The lowest BCUT2D eigenvalue weighted by atomic mass is 9.88. The number of halogens is 10. The van der Waals surface area contributed by atoms with Crippen LogP contribution in [0.3, 0.4) is 0 Å². The third-order valence-electron chi connectivity index (χ3n) is 2.30. The lowest BCUT2D eigenvalue weighted by Crippen LogP contribution is -2.48. The molecule has 0 fully saturated rings. The van der Waals surface area contributed by atoms with Crippen LogP contribution in [0.15, 0.2) is 0 Å². The zero-order valence-corrected chi connectivity index (χ0v) is 9.72. The smallest absolute Gasteiger partial charge is 0.250 e. The predicted octanol–water partition coefficient (Wildman–Crippen LogP) is 4.21. The fourth-order valence-electron chi connectivity index (χ4n) is 1.31. The molecule has 0 amide bonds. The third-order valence-corrected chi connectivity index (χ3v) is 2.58. The SMILES string of the molecule is FCC(C(F)C(C(F)C(F)S)C(F)(F)F)C(F)(F)F. The van der Waals surface area contributed by atoms with Crippen molar-refractivity contribution in [3.05, 3.63) is 0 Å². The molecule has 0 radical (unpaired) electrons. The van der Waals surface area contributed by atoms with Crippen molar-refractivity contribution in [3.63, 3.8) is 0 Å². The van der Waals surface area contributed by atoms with Crippen LogP contribution in [0, 0.1) is 11.8 Å². The largest absolute Gasteiger partial charge is 0.397 e. The van der Waals surface area contributed by atoms with Crippen molar-refractivity contribution in [2.45, 2.75) is 30.2 Å². The van der Waals surface area contributed by atoms with E-state index in [9.17, 15) is 43.9 Å². The van der Waals surface area contributed by atoms with Crippen LogP contribution in [0.2, 0.25) is 0 Å². The molecule has 0 nitrogen and oxygen atoms in total. The predicted molar refractivity (Wildman–Crippen MR) is 48.7 cm³/mol. The Morgan fingerprint density at radius 2 is 1.21 bits per heavy atom. The van der Waals surface area contributed by atoms with Crippen LogP contribution in [-0.4, -0.2) is 36.9 Å². The van der Waals surface area contributed by atoms with Gasteiger partial charge in [-0.2, -0.15) is 26.3 Å². The first-order valence-electron chi connectivity index (χ1n) is 4.63. The van der Waals surface area contributed by atoms with Gasteiger partial charge >= 0.3 is 12.4 Å². The van der Waals surface area contributed by atoms with Crippen molar-refractivity contribution in [1.29, 1.82) is 0 Å². The highest BCUT2D eigenvalue weighted by atomic mass is 32.1. The summed E-state index contributed by atoms with van der Waals surface area (Å²) in [6.45, 7) is -2.52. The maximum atomic E-state index is 13.2. The second kappa shape index (κ2) is 6.40. The Balaban J connectivity index is 5.38. The zero-order chi connectivity index (χ0) is 15.6. The number of hydrogen-bond donors (Lipinski definition) is 1. The van der Waals surface area contributed by atoms with E-state index >= 15 is 0 Å². The molecule has 0 heterocycles. The van der Waals surface area contributed by atoms with Crippen molar-refractivity contribution in [2.75, 3.05) is 6.67 Å². The molecule has 0 aliphatic carbocycles. The number of hydrogen-bond acceptors (Lipinski definition) is 1. The van der Waals surface area contributed by atoms with Gasteiger partial charge in [0, 0.05) is 0 Å². The first-order valence-corrected chi connectivity index (χ1v) is 5.15. The number of rotatable bonds is 5. The minimum absolute atomic E-state index is 2.52. The van der Waals surface area contributed by atoms with Gasteiger partial charge in [-0.3, -0.25) is 4.39 Å². The quantitative estimate of drug-likeness (QED) is 0.568. The molecule has 0 N–H and O–H groups in total. The van der Waals surface area contributed by atoms with Crippen LogP contribution < -0.4 is 0 Å². The molecule has 0 saturated carbocycles. The summed E-state index contributed by atoms with van der Waals surface area (Å²) in [5.41, 5.74) is -3.15. The van der Waals surface area contributed by atoms with Crippen molar-refractivity contribution in [3.8, 4) is 0 Å². The Hall–Kier alpha value is -0.350. The first kappa shape index (κ1) is 18.7. The lowest BCUT2D eigenvalue weighted by Gasteiger charge is -2.31. The summed E-state index contributed by atoms with van der Waals surface area (Å²) in [5, 5.41) is 0. The van der Waals surface area contributed by atoms with E-state index in [4.69, 9.17) is 0 Å². The van der Waals surface area contributed by atoms with Gasteiger partial charge in [0.05, 0.1) is 0 Å². The van der Waals surface area contributed by atoms with Gasteiger partial charge in [0.2, 0.25) is 0 Å². The maximum Gasteiger partial charge on any atom is 0.397 e. The monoisotopic (exact) mass is 326 g/mol. The molecule has 0 aliphatic heterocycles. The zero-order valence-electron chi connectivity index (χ0n) is 8.82. The molecule has 0 aromatic carbocycles. The molecule has 0 spiro atoms. The molecule has 0 bridgehead atoms. The average Bonchev–Trinajstić information content (AvgIpc) is 2.13. The fourth-order valence-corrected chi connectivity index (χ4v) is 1.50. The van der Waals surface area contributed by atoms with Gasteiger partial charge in [-0.25, -0.2) is 13.2 Å². The van der Waals surface area contributed by atoms with Gasteiger partial charge in [-0.05, 0) is 0 Å². The summed E-state index contributed by atoms with van der Waals surface area (Å²) >= 11 is 2.65. The average molecular weight is 326 g/mol. The van der Waals surface area contributed by atoms with E-state index in [1.54, 1.807) is 0 Å². The third kappa shape index (κ3) is 4.92. The normalized spacial score (nSPS) is 21.6. The fraction of sp³-hybridized carbons (Fsp3) is 1.00. The summed E-state index contributed by atoms with van der Waals surface area (Å²) in [4.78, 5) is 0. The van der Waals surface area contributed by atoms with Gasteiger partial charge < -0.3 is 0 Å². The molecule has 19 heavy (non-hydrogen) atoms. The summed E-state index contributed by atoms with van der Waals surface area (Å²) in [6.07, 6.45) is -19.2. The van der Waals surface area contributed by atoms with Crippen molar-refractivity contribution < 1.29 is 43.9 Å². The Morgan fingerprint density at radius 3 is 1.42 bits per heavy atom. The van der Waals surface area contributed by atoms with Gasteiger partial charge in [0.25, 0.3) is 0 Å². The van der Waals surface area contributed by atoms with E-state index in [0.717, 1.165) is 0 Å². The highest BCUT2D eigenvalue weighted by Gasteiger charge is 2.59. The molecular weight excluding hydrogens is 318 g/mol. The van der Waals surface area contributed by atoms with Crippen LogP contribution in [0.1, 0.15) is 0 Å². The van der Waals surface area contributed by atoms with Crippen LogP contribution in [0.25, 0.3) is 0 Å². The van der Waals surface area contributed by atoms with Crippen LogP contribution in [0.5, 0.6) is 0 Å². The Labute approximate surface area is 106 Å². The molecule has 5 unspecified atom stereocenters. The molecule has 0 saturated heterocycles. The summed E-state index contributed by atoms with van der Waals surface area (Å²) in [7, 11) is 0. The summed E-state index contributed by atoms with van der Waals surface area (Å²) in [5.74, 6) is -7.65. The molecular formula is C8H8F10S. The van der Waals surface area contributed by atoms with Gasteiger partial charge in [0.1, 0.15) is 24.7 Å². The Bertz CT molecular complexity index is 272. The molecule has 5 atom stereocenters. The van der Waals surface area contributed by atoms with Gasteiger partial charge in [0.15, 0.2) is 11.7 Å². The second-order valence-electron chi connectivity index (χ2n) is 3.63. The number of thiol groups is 1. The van der Waals surface area contributed by atoms with E-state index in [1.165, 1.54) is 0 Å². The molecule has 0 aliphatic rings. The summed E-state index contributed by atoms with van der Waals surface area (Å²) in [6, 6.07) is 0. The molecule has 0 aromatic rings. The van der Waals surface area contributed by atoms with Crippen LogP contribution in [-0.2, 0) is 0 Å². The maximum absolute atomic E-state index is 13.2. The van der Waals surface area contributed by atoms with E-state index < -0.39 is 48.7 Å². The van der Waals surface area contributed by atoms with Crippen molar-refractivity contribution in [1.82, 2.24) is 0 Å². The molecule has 0 aromatic heterocycles. The van der Waals surface area contributed by atoms with Crippen LogP contribution >= 0.6 is 12.6 Å². The van der Waals surface area contributed by atoms with E-state index in [1.807, 2.05) is 0 Å². The first-order chi connectivity index (χ1) is 8.34. The highest BCUT2D eigenvalue weighted by Crippen LogP contribution is 2.43. The molecule has 11 heteroatoms. The lowest BCUT2D eigenvalue weighted by molar-refractivity contribution is -0.249. The standard InChI is InChI=1S/C8H8F10S/c9-1-2(7(13,14)15)4(10)3(8(16,17)18)5(11)6(12)19/h2-6,19H,1H2. The Morgan fingerprint density at radius 1 is 0.789 bits per heavy atom. The van der Waals surface area contributed by atoms with Gasteiger partial charge in [-0.15, -0.1) is 12.6 Å². The molecule has 0 rings (SSSR count). The van der Waals surface area contributed by atoms with E-state index in [2.05, 4.69) is 12.6 Å². The second-order valence-corrected chi connectivity index (χ2v) is 4.12. The topological polar surface area (TPSA) is 0 Å². The van der Waals surface area contributed by atoms with E-state index in [-0.39, 0.29) is 0 Å². The minimum atomic E-state index is -5.81. The van der Waals surface area contributed by atoms with Crippen molar-refractivity contribution in [2.24, 2.45) is 11.8 Å². The molecule has 116 valence electrons. The van der Waals surface area contributed by atoms with Crippen molar-refractivity contribution >= 4 is 12.6 Å². The summed E-state index contributed by atoms with van der Waals surface area (Å²) < 4.78 is 124. The Kier molecular flexibility index (Phi) is 6.28. The minimum Gasteiger partial charge on any atom is -0.250 e. The van der Waals surface area contributed by atoms with Crippen LogP contribution in [0.4, 0.5) is 43.9 Å². The van der Waals surface area contributed by atoms with Gasteiger partial charge in [-0.1, -0.05) is 0 Å². The number of alkyl halides is 10.